The van der Waals surface area contributed by atoms with Crippen molar-refractivity contribution in [3.63, 3.8) is 0 Å². The van der Waals surface area contributed by atoms with Crippen LogP contribution in [0.5, 0.6) is 17.2 Å². The van der Waals surface area contributed by atoms with E-state index >= 15 is 0 Å². The van der Waals surface area contributed by atoms with E-state index in [1.165, 1.54) is 14.2 Å². The average Bonchev–Trinajstić information content (AvgIpc) is 2.84. The van der Waals surface area contributed by atoms with Gasteiger partial charge in [-0.25, -0.2) is 0 Å². The van der Waals surface area contributed by atoms with E-state index in [1.54, 1.807) is 18.5 Å². The quantitative estimate of drug-likeness (QED) is 0.759. The Morgan fingerprint density at radius 1 is 1.18 bits per heavy atom. The van der Waals surface area contributed by atoms with Crippen molar-refractivity contribution in [1.29, 1.82) is 0 Å². The largest absolute Gasteiger partial charge is 0.495 e. The first-order valence-electron chi connectivity index (χ1n) is 6.41. The van der Waals surface area contributed by atoms with Crippen LogP contribution in [0.3, 0.4) is 0 Å². The zero-order chi connectivity index (χ0) is 15.9. The number of pyridine rings is 1. The van der Waals surface area contributed by atoms with Crippen LogP contribution in [-0.2, 0) is 11.5 Å². The molecule has 0 saturated carbocycles. The van der Waals surface area contributed by atoms with Gasteiger partial charge in [-0.05, 0) is 6.07 Å². The maximum Gasteiger partial charge on any atom is 0.215 e. The lowest BCUT2D eigenvalue weighted by atomic mass is 10.0. The Morgan fingerprint density at radius 2 is 1.82 bits per heavy atom. The minimum atomic E-state index is -1.23. The van der Waals surface area contributed by atoms with Gasteiger partial charge in [0, 0.05) is 24.2 Å². The van der Waals surface area contributed by atoms with Crippen molar-refractivity contribution in [3.05, 3.63) is 45.7 Å². The Balaban J connectivity index is 2.17. The van der Waals surface area contributed by atoms with Gasteiger partial charge in [-0.3, -0.25) is 4.98 Å². The SMILES string of the molecule is COc1cc(OC)c(Cl)c(C2(Cl)Cc3ccncc3O2)c1Cl. The normalized spacial score (nSPS) is 19.5. The number of benzene rings is 1. The average molecular weight is 361 g/mol. The second-order valence-corrected chi connectivity index (χ2v) is 6.14. The van der Waals surface area contributed by atoms with Gasteiger partial charge in [0.25, 0.3) is 0 Å². The van der Waals surface area contributed by atoms with E-state index in [0.29, 0.717) is 39.3 Å². The minimum absolute atomic E-state index is 0.295. The van der Waals surface area contributed by atoms with Gasteiger partial charge in [-0.2, -0.15) is 0 Å². The van der Waals surface area contributed by atoms with Crippen LogP contribution in [0.2, 0.25) is 10.0 Å². The van der Waals surface area contributed by atoms with E-state index in [1.807, 2.05) is 6.07 Å². The van der Waals surface area contributed by atoms with Crippen molar-refractivity contribution in [2.24, 2.45) is 0 Å². The Labute approximate surface area is 142 Å². The maximum absolute atomic E-state index is 6.70. The second kappa shape index (κ2) is 5.69. The van der Waals surface area contributed by atoms with Crippen molar-refractivity contribution in [3.8, 4) is 17.2 Å². The molecule has 1 aliphatic rings. The predicted octanol–water partition coefficient (Wildman–Crippen LogP) is 4.43. The van der Waals surface area contributed by atoms with Gasteiger partial charge in [0.1, 0.15) is 17.2 Å². The van der Waals surface area contributed by atoms with Crippen LogP contribution >= 0.6 is 34.8 Å². The number of alkyl halides is 1. The number of ether oxygens (including phenoxy) is 3. The Hall–Kier alpha value is -1.36. The van der Waals surface area contributed by atoms with Gasteiger partial charge in [0.15, 0.2) is 0 Å². The second-order valence-electron chi connectivity index (χ2n) is 4.77. The monoisotopic (exact) mass is 359 g/mol. The molecule has 116 valence electrons. The van der Waals surface area contributed by atoms with Crippen molar-refractivity contribution in [2.45, 2.75) is 11.5 Å². The number of rotatable bonds is 3. The molecule has 0 fully saturated rings. The van der Waals surface area contributed by atoms with Crippen LogP contribution in [0, 0.1) is 0 Å². The fraction of sp³-hybridized carbons (Fsp3) is 0.267. The Bertz CT molecular complexity index is 683. The standard InChI is InChI=1S/C15H12Cl3NO3/c1-20-9-5-10(21-2)14(17)12(13(9)16)15(18)6-8-3-4-19-7-11(8)22-15/h3-5,7H,6H2,1-2H3. The molecular weight excluding hydrogens is 349 g/mol. The highest BCUT2D eigenvalue weighted by Crippen LogP contribution is 2.52. The number of nitrogens with zero attached hydrogens (tertiary/aromatic N) is 1. The molecule has 1 aromatic carbocycles. The third kappa shape index (κ3) is 2.35. The number of aromatic nitrogens is 1. The van der Waals surface area contributed by atoms with Crippen molar-refractivity contribution < 1.29 is 14.2 Å². The van der Waals surface area contributed by atoms with Crippen LogP contribution < -0.4 is 14.2 Å². The third-order valence-corrected chi connectivity index (χ3v) is 4.66. The van der Waals surface area contributed by atoms with E-state index in [0.717, 1.165) is 5.56 Å². The van der Waals surface area contributed by atoms with E-state index in [2.05, 4.69) is 4.98 Å². The summed E-state index contributed by atoms with van der Waals surface area (Å²) in [6.45, 7) is 0. The number of hydrogen-bond acceptors (Lipinski definition) is 4. The summed E-state index contributed by atoms with van der Waals surface area (Å²) in [5.74, 6) is 1.43. The lowest BCUT2D eigenvalue weighted by molar-refractivity contribution is 0.188. The highest BCUT2D eigenvalue weighted by molar-refractivity contribution is 6.40. The molecule has 7 heteroatoms. The first kappa shape index (κ1) is 15.5. The van der Waals surface area contributed by atoms with Crippen LogP contribution in [0.15, 0.2) is 24.5 Å². The number of halogens is 3. The Kier molecular flexibility index (Phi) is 4.02. The van der Waals surface area contributed by atoms with Crippen molar-refractivity contribution in [1.82, 2.24) is 4.98 Å². The first-order valence-corrected chi connectivity index (χ1v) is 7.55. The van der Waals surface area contributed by atoms with Crippen LogP contribution in [0.1, 0.15) is 11.1 Å². The molecule has 0 aliphatic carbocycles. The lowest BCUT2D eigenvalue weighted by Gasteiger charge is -2.25. The number of hydrogen-bond donors (Lipinski definition) is 0. The first-order chi connectivity index (χ1) is 10.5. The molecule has 0 radical (unpaired) electrons. The Morgan fingerprint density at radius 3 is 2.36 bits per heavy atom. The molecule has 0 saturated heterocycles. The minimum Gasteiger partial charge on any atom is -0.495 e. The highest BCUT2D eigenvalue weighted by Gasteiger charge is 2.44. The van der Waals surface area contributed by atoms with Crippen LogP contribution in [0.25, 0.3) is 0 Å². The zero-order valence-electron chi connectivity index (χ0n) is 11.8. The van der Waals surface area contributed by atoms with E-state index in [9.17, 15) is 0 Å². The molecule has 22 heavy (non-hydrogen) atoms. The van der Waals surface area contributed by atoms with Gasteiger partial charge in [0.05, 0.1) is 36.0 Å². The van der Waals surface area contributed by atoms with E-state index in [4.69, 9.17) is 49.0 Å². The number of methoxy groups -OCH3 is 2. The molecule has 0 spiro atoms. The van der Waals surface area contributed by atoms with Crippen LogP contribution in [0.4, 0.5) is 0 Å². The molecule has 4 nitrogen and oxygen atoms in total. The summed E-state index contributed by atoms with van der Waals surface area (Å²) in [4.78, 5) is 4.03. The van der Waals surface area contributed by atoms with Crippen molar-refractivity contribution >= 4 is 34.8 Å². The molecule has 1 aromatic heterocycles. The van der Waals surface area contributed by atoms with E-state index in [-0.39, 0.29) is 0 Å². The molecule has 1 unspecified atom stereocenters. The van der Waals surface area contributed by atoms with Crippen molar-refractivity contribution in [2.75, 3.05) is 14.2 Å². The predicted molar refractivity (Wildman–Crippen MR) is 85.7 cm³/mol. The molecule has 0 N–H and O–H groups in total. The molecule has 1 aliphatic heterocycles. The third-order valence-electron chi connectivity index (χ3n) is 3.51. The van der Waals surface area contributed by atoms with Gasteiger partial charge < -0.3 is 14.2 Å². The summed E-state index contributed by atoms with van der Waals surface area (Å²) in [6.07, 6.45) is 3.70. The molecular formula is C15H12Cl3NO3. The molecule has 2 heterocycles. The summed E-state index contributed by atoms with van der Waals surface area (Å²) < 4.78 is 16.4. The van der Waals surface area contributed by atoms with Gasteiger partial charge in [-0.15, -0.1) is 0 Å². The summed E-state index contributed by atoms with van der Waals surface area (Å²) in [6, 6.07) is 3.46. The fourth-order valence-electron chi connectivity index (χ4n) is 2.45. The summed E-state index contributed by atoms with van der Waals surface area (Å²) in [5, 5.41) is -0.644. The summed E-state index contributed by atoms with van der Waals surface area (Å²) >= 11 is 19.5. The molecule has 0 amide bonds. The van der Waals surface area contributed by atoms with Gasteiger partial charge in [0.2, 0.25) is 5.06 Å². The van der Waals surface area contributed by atoms with E-state index < -0.39 is 5.06 Å². The molecule has 3 rings (SSSR count). The topological polar surface area (TPSA) is 40.6 Å². The van der Waals surface area contributed by atoms with Gasteiger partial charge >= 0.3 is 0 Å². The fourth-order valence-corrected chi connectivity index (χ4v) is 3.77. The van der Waals surface area contributed by atoms with Gasteiger partial charge in [-0.1, -0.05) is 34.8 Å². The molecule has 2 aromatic rings. The molecule has 0 bridgehead atoms. The smallest absolute Gasteiger partial charge is 0.215 e. The maximum atomic E-state index is 6.70. The lowest BCUT2D eigenvalue weighted by Crippen LogP contribution is -2.25. The highest BCUT2D eigenvalue weighted by atomic mass is 35.5. The zero-order valence-corrected chi connectivity index (χ0v) is 14.1. The molecule has 1 atom stereocenters. The summed E-state index contributed by atoms with van der Waals surface area (Å²) in [7, 11) is 3.01. The number of fused-ring (bicyclic) bond motifs is 1. The summed E-state index contributed by atoms with van der Waals surface area (Å²) in [5.41, 5.74) is 1.35. The van der Waals surface area contributed by atoms with Crippen LogP contribution in [-0.4, -0.2) is 19.2 Å².